The molecular weight excluding hydrogens is 178 g/mol. The average molecular weight is 193 g/mol. The van der Waals surface area contributed by atoms with Crippen molar-refractivity contribution >= 4 is 0 Å². The maximum Gasteiger partial charge on any atom is 0.160 e. The summed E-state index contributed by atoms with van der Waals surface area (Å²) < 4.78 is 10.4. The van der Waals surface area contributed by atoms with Crippen molar-refractivity contribution in [3.8, 4) is 11.5 Å². The lowest BCUT2D eigenvalue weighted by Gasteiger charge is -2.08. The van der Waals surface area contributed by atoms with Gasteiger partial charge in [0.15, 0.2) is 11.5 Å². The lowest BCUT2D eigenvalue weighted by atomic mass is 10.1. The van der Waals surface area contributed by atoms with Crippen molar-refractivity contribution < 1.29 is 9.47 Å². The van der Waals surface area contributed by atoms with Gasteiger partial charge >= 0.3 is 0 Å². The summed E-state index contributed by atoms with van der Waals surface area (Å²) in [5, 5.41) is 0. The minimum Gasteiger partial charge on any atom is -0.493 e. The molecule has 0 spiro atoms. The highest BCUT2D eigenvalue weighted by Crippen LogP contribution is 2.41. The fraction of sp³-hybridized carbons (Fsp3) is 0.455. The molecule has 1 saturated carbocycles. The summed E-state index contributed by atoms with van der Waals surface area (Å²) >= 11 is 0. The molecule has 0 amide bonds. The average Bonchev–Trinajstić information content (AvgIpc) is 2.94. The van der Waals surface area contributed by atoms with Gasteiger partial charge in [-0.2, -0.15) is 0 Å². The Morgan fingerprint density at radius 1 is 1.21 bits per heavy atom. The van der Waals surface area contributed by atoms with Gasteiger partial charge in [0.25, 0.3) is 0 Å². The van der Waals surface area contributed by atoms with E-state index in [1.54, 1.807) is 14.2 Å². The molecule has 0 aromatic heterocycles. The second-order valence-electron chi connectivity index (χ2n) is 3.62. The molecular formula is C11H15NO2. The zero-order valence-electron chi connectivity index (χ0n) is 8.49. The third-order valence-corrected chi connectivity index (χ3v) is 2.68. The van der Waals surface area contributed by atoms with Crippen LogP contribution in [0.2, 0.25) is 0 Å². The van der Waals surface area contributed by atoms with Crippen LogP contribution in [0.5, 0.6) is 11.5 Å². The van der Waals surface area contributed by atoms with Gasteiger partial charge in [-0.1, -0.05) is 6.07 Å². The molecule has 0 saturated heterocycles. The predicted octanol–water partition coefficient (Wildman–Crippen LogP) is 1.52. The van der Waals surface area contributed by atoms with E-state index in [-0.39, 0.29) is 0 Å². The molecule has 0 aliphatic heterocycles. The standard InChI is InChI=1S/C11H15NO2/c1-13-10-4-3-7(5-11(10)14-2)8-6-9(8)12/h3-5,8-9H,6,12H2,1-2H3/t8-,9+/m0/s1. The van der Waals surface area contributed by atoms with Gasteiger partial charge in [-0.05, 0) is 24.1 Å². The molecule has 2 N–H and O–H groups in total. The molecule has 2 rings (SSSR count). The summed E-state index contributed by atoms with van der Waals surface area (Å²) in [6.07, 6.45) is 1.08. The predicted molar refractivity (Wildman–Crippen MR) is 54.9 cm³/mol. The Kier molecular flexibility index (Phi) is 2.33. The SMILES string of the molecule is COc1ccc([C@@H]2C[C@H]2N)cc1OC. The Bertz CT molecular complexity index is 338. The number of benzene rings is 1. The number of hydrogen-bond acceptors (Lipinski definition) is 3. The van der Waals surface area contributed by atoms with Gasteiger partial charge in [0, 0.05) is 12.0 Å². The number of ether oxygens (including phenoxy) is 2. The second kappa shape index (κ2) is 3.50. The Labute approximate surface area is 83.8 Å². The third-order valence-electron chi connectivity index (χ3n) is 2.68. The van der Waals surface area contributed by atoms with Gasteiger partial charge < -0.3 is 15.2 Å². The van der Waals surface area contributed by atoms with Gasteiger partial charge in [-0.3, -0.25) is 0 Å². The first kappa shape index (κ1) is 9.34. The van der Waals surface area contributed by atoms with E-state index in [9.17, 15) is 0 Å². The van der Waals surface area contributed by atoms with Crippen LogP contribution in [0.4, 0.5) is 0 Å². The van der Waals surface area contributed by atoms with Gasteiger partial charge in [0.2, 0.25) is 0 Å². The molecule has 0 heterocycles. The first-order valence-electron chi connectivity index (χ1n) is 4.73. The van der Waals surface area contributed by atoms with Crippen molar-refractivity contribution in [1.29, 1.82) is 0 Å². The van der Waals surface area contributed by atoms with Crippen LogP contribution < -0.4 is 15.2 Å². The molecule has 76 valence electrons. The van der Waals surface area contributed by atoms with Crippen molar-refractivity contribution in [2.75, 3.05) is 14.2 Å². The van der Waals surface area contributed by atoms with Crippen molar-refractivity contribution in [2.45, 2.75) is 18.4 Å². The molecule has 1 aromatic rings. The van der Waals surface area contributed by atoms with Crippen molar-refractivity contribution in [3.05, 3.63) is 23.8 Å². The number of nitrogens with two attached hydrogens (primary N) is 1. The van der Waals surface area contributed by atoms with Gasteiger partial charge in [0.05, 0.1) is 14.2 Å². The molecule has 1 aliphatic carbocycles. The number of rotatable bonds is 3. The molecule has 3 nitrogen and oxygen atoms in total. The molecule has 14 heavy (non-hydrogen) atoms. The van der Waals surface area contributed by atoms with Crippen molar-refractivity contribution in [2.24, 2.45) is 5.73 Å². The quantitative estimate of drug-likeness (QED) is 0.791. The molecule has 2 atom stereocenters. The molecule has 3 heteroatoms. The fourth-order valence-electron chi connectivity index (χ4n) is 1.68. The summed E-state index contributed by atoms with van der Waals surface area (Å²) in [5.74, 6) is 2.06. The lowest BCUT2D eigenvalue weighted by molar-refractivity contribution is 0.354. The van der Waals surface area contributed by atoms with Crippen molar-refractivity contribution in [3.63, 3.8) is 0 Å². The summed E-state index contributed by atoms with van der Waals surface area (Å²) in [6, 6.07) is 6.32. The smallest absolute Gasteiger partial charge is 0.160 e. The van der Waals surface area contributed by atoms with E-state index < -0.39 is 0 Å². The maximum atomic E-state index is 5.79. The number of methoxy groups -OCH3 is 2. The van der Waals surface area contributed by atoms with Crippen LogP contribution in [0.15, 0.2) is 18.2 Å². The van der Waals surface area contributed by atoms with E-state index in [0.717, 1.165) is 17.9 Å². The third kappa shape index (κ3) is 1.55. The zero-order valence-corrected chi connectivity index (χ0v) is 8.49. The monoisotopic (exact) mass is 193 g/mol. The summed E-state index contributed by atoms with van der Waals surface area (Å²) in [6.45, 7) is 0. The van der Waals surface area contributed by atoms with E-state index in [4.69, 9.17) is 15.2 Å². The molecule has 0 radical (unpaired) electrons. The largest absolute Gasteiger partial charge is 0.493 e. The zero-order chi connectivity index (χ0) is 10.1. The van der Waals surface area contributed by atoms with Crippen LogP contribution in [0.25, 0.3) is 0 Å². The van der Waals surface area contributed by atoms with E-state index in [0.29, 0.717) is 12.0 Å². The second-order valence-corrected chi connectivity index (χ2v) is 3.62. The highest BCUT2D eigenvalue weighted by atomic mass is 16.5. The van der Waals surface area contributed by atoms with E-state index in [2.05, 4.69) is 6.07 Å². The van der Waals surface area contributed by atoms with Crippen molar-refractivity contribution in [1.82, 2.24) is 0 Å². The minimum absolute atomic E-state index is 0.327. The lowest BCUT2D eigenvalue weighted by Crippen LogP contribution is -2.01. The van der Waals surface area contributed by atoms with Crippen LogP contribution in [-0.4, -0.2) is 20.3 Å². The Morgan fingerprint density at radius 3 is 2.36 bits per heavy atom. The molecule has 1 aromatic carbocycles. The summed E-state index contributed by atoms with van der Waals surface area (Å²) in [7, 11) is 3.29. The summed E-state index contributed by atoms with van der Waals surface area (Å²) in [4.78, 5) is 0. The first-order chi connectivity index (χ1) is 6.76. The van der Waals surface area contributed by atoms with Gasteiger partial charge in [-0.25, -0.2) is 0 Å². The number of hydrogen-bond donors (Lipinski definition) is 1. The van der Waals surface area contributed by atoms with Crippen LogP contribution in [-0.2, 0) is 0 Å². The normalized spacial score (nSPS) is 24.5. The van der Waals surface area contributed by atoms with Gasteiger partial charge in [0.1, 0.15) is 0 Å². The summed E-state index contributed by atoms with van der Waals surface area (Å²) in [5.41, 5.74) is 7.03. The van der Waals surface area contributed by atoms with Crippen LogP contribution in [0.3, 0.4) is 0 Å². The molecule has 1 aliphatic rings. The molecule has 0 bridgehead atoms. The highest BCUT2D eigenvalue weighted by Gasteiger charge is 2.35. The van der Waals surface area contributed by atoms with Crippen LogP contribution in [0, 0.1) is 0 Å². The van der Waals surface area contributed by atoms with E-state index >= 15 is 0 Å². The van der Waals surface area contributed by atoms with Crippen LogP contribution >= 0.6 is 0 Å². The van der Waals surface area contributed by atoms with E-state index in [1.165, 1.54) is 5.56 Å². The van der Waals surface area contributed by atoms with E-state index in [1.807, 2.05) is 12.1 Å². The Hall–Kier alpha value is -1.22. The topological polar surface area (TPSA) is 44.5 Å². The minimum atomic E-state index is 0.327. The maximum absolute atomic E-state index is 5.79. The Balaban J connectivity index is 2.27. The first-order valence-corrected chi connectivity index (χ1v) is 4.73. The molecule has 1 fully saturated rings. The van der Waals surface area contributed by atoms with Crippen LogP contribution in [0.1, 0.15) is 17.9 Å². The highest BCUT2D eigenvalue weighted by molar-refractivity contribution is 5.45. The fourth-order valence-corrected chi connectivity index (χ4v) is 1.68. The van der Waals surface area contributed by atoms with Gasteiger partial charge in [-0.15, -0.1) is 0 Å². The molecule has 0 unspecified atom stereocenters. The Morgan fingerprint density at radius 2 is 1.86 bits per heavy atom.